The number of H-pyrrole nitrogens is 1. The molecular formula is C14H18N4O3. The van der Waals surface area contributed by atoms with Crippen molar-refractivity contribution >= 4 is 11.9 Å². The molecule has 1 unspecified atom stereocenters. The zero-order chi connectivity index (χ0) is 15.4. The van der Waals surface area contributed by atoms with Crippen LogP contribution in [-0.2, 0) is 11.2 Å². The van der Waals surface area contributed by atoms with Crippen LogP contribution in [0.1, 0.15) is 36.1 Å². The number of hydrogen-bond acceptors (Lipinski definition) is 3. The highest BCUT2D eigenvalue weighted by atomic mass is 16.4. The average Bonchev–Trinajstić information content (AvgIpc) is 3.08. The number of carbonyl (C=O) groups is 2. The fourth-order valence-corrected chi connectivity index (χ4v) is 2.09. The molecule has 0 aliphatic heterocycles. The van der Waals surface area contributed by atoms with Gasteiger partial charge >= 0.3 is 5.97 Å². The van der Waals surface area contributed by atoms with E-state index < -0.39 is 17.9 Å². The maximum Gasteiger partial charge on any atom is 0.326 e. The quantitative estimate of drug-likeness (QED) is 0.744. The summed E-state index contributed by atoms with van der Waals surface area (Å²) < 4.78 is 1.80. The topological polar surface area (TPSA) is 100 Å². The second kappa shape index (κ2) is 6.25. The first-order valence-electron chi connectivity index (χ1n) is 6.66. The molecule has 1 atom stereocenters. The summed E-state index contributed by atoms with van der Waals surface area (Å²) in [7, 11) is 0. The van der Waals surface area contributed by atoms with Crippen molar-refractivity contribution in [3.63, 3.8) is 0 Å². The van der Waals surface area contributed by atoms with Gasteiger partial charge in [0.2, 0.25) is 0 Å². The van der Waals surface area contributed by atoms with Crippen LogP contribution in [-0.4, -0.2) is 37.6 Å². The van der Waals surface area contributed by atoms with Gasteiger partial charge in [0.15, 0.2) is 0 Å². The van der Waals surface area contributed by atoms with E-state index in [1.165, 1.54) is 6.33 Å². The van der Waals surface area contributed by atoms with Crippen molar-refractivity contribution in [1.29, 1.82) is 0 Å². The normalized spacial score (nSPS) is 12.3. The number of nitrogens with one attached hydrogen (secondary N) is 2. The van der Waals surface area contributed by atoms with Gasteiger partial charge in [-0.15, -0.1) is 0 Å². The van der Waals surface area contributed by atoms with Crippen LogP contribution in [0.2, 0.25) is 0 Å². The summed E-state index contributed by atoms with van der Waals surface area (Å²) in [6.07, 6.45) is 4.96. The van der Waals surface area contributed by atoms with Gasteiger partial charge in [-0.1, -0.05) is 0 Å². The number of hydrogen-bond donors (Lipinski definition) is 3. The standard InChI is InChI=1S/C14H18N4O3/c1-9(2)18-5-3-4-12(18)13(19)17-11(14(20)21)6-10-7-15-8-16-10/h3-5,7-9,11H,6H2,1-2H3,(H,15,16)(H,17,19)(H,20,21). The number of aliphatic carboxylic acids is 1. The SMILES string of the molecule is CC(C)n1cccc1C(=O)NC(Cc1cnc[nH]1)C(=O)O. The molecule has 2 aromatic heterocycles. The van der Waals surface area contributed by atoms with Crippen LogP contribution >= 0.6 is 0 Å². The van der Waals surface area contributed by atoms with Crippen LogP contribution in [0.25, 0.3) is 0 Å². The van der Waals surface area contributed by atoms with Gasteiger partial charge in [0.05, 0.1) is 6.33 Å². The predicted molar refractivity (Wildman–Crippen MR) is 76.0 cm³/mol. The van der Waals surface area contributed by atoms with Crippen molar-refractivity contribution in [3.05, 3.63) is 42.2 Å². The monoisotopic (exact) mass is 290 g/mol. The van der Waals surface area contributed by atoms with E-state index in [0.717, 1.165) is 0 Å². The molecule has 0 spiro atoms. The maximum absolute atomic E-state index is 12.3. The first kappa shape index (κ1) is 14.8. The van der Waals surface area contributed by atoms with E-state index in [1.54, 1.807) is 29.1 Å². The highest BCUT2D eigenvalue weighted by molar-refractivity contribution is 5.95. The maximum atomic E-state index is 12.3. The Hall–Kier alpha value is -2.57. The van der Waals surface area contributed by atoms with Crippen molar-refractivity contribution < 1.29 is 14.7 Å². The van der Waals surface area contributed by atoms with Crippen molar-refractivity contribution in [2.45, 2.75) is 32.4 Å². The fraction of sp³-hybridized carbons (Fsp3) is 0.357. The minimum absolute atomic E-state index is 0.122. The third-order valence-corrected chi connectivity index (χ3v) is 3.15. The molecule has 0 aliphatic carbocycles. The zero-order valence-electron chi connectivity index (χ0n) is 11.9. The molecule has 1 amide bonds. The van der Waals surface area contributed by atoms with Crippen molar-refractivity contribution in [1.82, 2.24) is 19.9 Å². The Morgan fingerprint density at radius 2 is 2.24 bits per heavy atom. The first-order valence-corrected chi connectivity index (χ1v) is 6.66. The minimum Gasteiger partial charge on any atom is -0.480 e. The third-order valence-electron chi connectivity index (χ3n) is 3.15. The molecule has 0 aromatic carbocycles. The molecule has 3 N–H and O–H groups in total. The molecule has 2 aromatic rings. The van der Waals surface area contributed by atoms with E-state index >= 15 is 0 Å². The summed E-state index contributed by atoms with van der Waals surface area (Å²) >= 11 is 0. The Balaban J connectivity index is 2.11. The molecule has 0 radical (unpaired) electrons. The molecule has 7 nitrogen and oxygen atoms in total. The number of aromatic amines is 1. The van der Waals surface area contributed by atoms with Crippen LogP contribution in [0.5, 0.6) is 0 Å². The van der Waals surface area contributed by atoms with Crippen molar-refractivity contribution in [2.75, 3.05) is 0 Å². The van der Waals surface area contributed by atoms with Crippen molar-refractivity contribution in [2.24, 2.45) is 0 Å². The lowest BCUT2D eigenvalue weighted by Gasteiger charge is -2.16. The number of nitrogens with zero attached hydrogens (tertiary/aromatic N) is 2. The van der Waals surface area contributed by atoms with Gasteiger partial charge in [0.1, 0.15) is 11.7 Å². The second-order valence-corrected chi connectivity index (χ2v) is 5.04. The van der Waals surface area contributed by atoms with E-state index in [9.17, 15) is 14.7 Å². The fourth-order valence-electron chi connectivity index (χ4n) is 2.09. The Labute approximate surface area is 122 Å². The Kier molecular flexibility index (Phi) is 4.42. The third kappa shape index (κ3) is 3.50. The summed E-state index contributed by atoms with van der Waals surface area (Å²) in [5.41, 5.74) is 1.10. The van der Waals surface area contributed by atoms with Gasteiger partial charge < -0.3 is 20.0 Å². The Morgan fingerprint density at radius 1 is 1.48 bits per heavy atom. The van der Waals surface area contributed by atoms with Gasteiger partial charge in [-0.2, -0.15) is 0 Å². The van der Waals surface area contributed by atoms with Crippen LogP contribution in [0, 0.1) is 0 Å². The molecule has 0 saturated heterocycles. The summed E-state index contributed by atoms with van der Waals surface area (Å²) in [6.45, 7) is 3.91. The summed E-state index contributed by atoms with van der Waals surface area (Å²) in [5.74, 6) is -1.48. The van der Waals surface area contributed by atoms with Crippen molar-refractivity contribution in [3.8, 4) is 0 Å². The summed E-state index contributed by atoms with van der Waals surface area (Å²) in [4.78, 5) is 30.2. The average molecular weight is 290 g/mol. The Morgan fingerprint density at radius 3 is 2.81 bits per heavy atom. The van der Waals surface area contributed by atoms with E-state index in [0.29, 0.717) is 11.4 Å². The van der Waals surface area contributed by atoms with Crippen LogP contribution in [0.15, 0.2) is 30.9 Å². The Bertz CT molecular complexity index is 616. The summed E-state index contributed by atoms with van der Waals surface area (Å²) in [5, 5.41) is 11.8. The first-order chi connectivity index (χ1) is 9.99. The lowest BCUT2D eigenvalue weighted by molar-refractivity contribution is -0.139. The number of carbonyl (C=O) groups excluding carboxylic acids is 1. The largest absolute Gasteiger partial charge is 0.480 e. The molecule has 2 rings (SSSR count). The van der Waals surface area contributed by atoms with Gasteiger partial charge in [0, 0.05) is 30.6 Å². The van der Waals surface area contributed by atoms with Gasteiger partial charge in [0.25, 0.3) is 5.91 Å². The predicted octanol–water partition coefficient (Wildman–Crippen LogP) is 1.22. The number of amides is 1. The second-order valence-electron chi connectivity index (χ2n) is 5.04. The number of rotatable bonds is 6. The number of imidazole rings is 1. The van der Waals surface area contributed by atoms with Crippen LogP contribution in [0.3, 0.4) is 0 Å². The van der Waals surface area contributed by atoms with E-state index in [1.807, 2.05) is 13.8 Å². The molecular weight excluding hydrogens is 272 g/mol. The lowest BCUT2D eigenvalue weighted by atomic mass is 10.1. The molecule has 0 aliphatic rings. The van der Waals surface area contributed by atoms with Crippen LogP contribution in [0.4, 0.5) is 0 Å². The van der Waals surface area contributed by atoms with Crippen LogP contribution < -0.4 is 5.32 Å². The van der Waals surface area contributed by atoms with Gasteiger partial charge in [-0.3, -0.25) is 4.79 Å². The zero-order valence-corrected chi connectivity index (χ0v) is 11.9. The molecule has 0 bridgehead atoms. The molecule has 112 valence electrons. The van der Waals surface area contributed by atoms with E-state index in [4.69, 9.17) is 0 Å². The molecule has 0 saturated carbocycles. The lowest BCUT2D eigenvalue weighted by Crippen LogP contribution is -2.43. The smallest absolute Gasteiger partial charge is 0.326 e. The van der Waals surface area contributed by atoms with Gasteiger partial charge in [-0.25, -0.2) is 9.78 Å². The number of aromatic nitrogens is 3. The van der Waals surface area contributed by atoms with E-state index in [-0.39, 0.29) is 12.5 Å². The highest BCUT2D eigenvalue weighted by Crippen LogP contribution is 2.11. The molecule has 2 heterocycles. The molecule has 0 fully saturated rings. The highest BCUT2D eigenvalue weighted by Gasteiger charge is 2.23. The van der Waals surface area contributed by atoms with E-state index in [2.05, 4.69) is 15.3 Å². The summed E-state index contributed by atoms with van der Waals surface area (Å²) in [6, 6.07) is 2.55. The molecule has 21 heavy (non-hydrogen) atoms. The molecule has 7 heteroatoms. The minimum atomic E-state index is -1.08. The number of carboxylic acids is 1. The van der Waals surface area contributed by atoms with Gasteiger partial charge in [-0.05, 0) is 26.0 Å². The number of carboxylic acid groups (broad SMARTS) is 1.